The van der Waals surface area contributed by atoms with Gasteiger partial charge in [0.05, 0.1) is 5.69 Å². The number of carbonyl (C=O) groups is 3. The van der Waals surface area contributed by atoms with Gasteiger partial charge in [-0.25, -0.2) is 8.78 Å². The number of benzene rings is 3. The van der Waals surface area contributed by atoms with Gasteiger partial charge in [-0.1, -0.05) is 24.3 Å². The highest BCUT2D eigenvalue weighted by Crippen LogP contribution is 2.30. The molecule has 0 unspecified atom stereocenters. The quantitative estimate of drug-likeness (QED) is 0.701. The van der Waals surface area contributed by atoms with Gasteiger partial charge in [0.1, 0.15) is 11.6 Å². The number of hydrogen-bond acceptors (Lipinski definition) is 3. The Balaban J connectivity index is 1.52. The van der Waals surface area contributed by atoms with Gasteiger partial charge >= 0.3 is 0 Å². The van der Waals surface area contributed by atoms with Crippen molar-refractivity contribution in [3.63, 3.8) is 0 Å². The number of halogens is 2. The van der Waals surface area contributed by atoms with Crippen LogP contribution in [0.4, 0.5) is 14.5 Å². The Morgan fingerprint density at radius 2 is 1.57 bits per heavy atom. The molecule has 0 saturated heterocycles. The molecule has 0 fully saturated rings. The molecular formula is C21H14F2N2O3. The molecule has 3 amide bonds. The number of anilines is 1. The highest BCUT2D eigenvalue weighted by atomic mass is 19.1. The van der Waals surface area contributed by atoms with Gasteiger partial charge in [-0.15, -0.1) is 0 Å². The summed E-state index contributed by atoms with van der Waals surface area (Å²) in [6.07, 6.45) is -0.216. The number of amides is 3. The summed E-state index contributed by atoms with van der Waals surface area (Å²) in [5.74, 6) is -3.21. The third kappa shape index (κ3) is 3.00. The zero-order valence-electron chi connectivity index (χ0n) is 14.5. The summed E-state index contributed by atoms with van der Waals surface area (Å²) in [6, 6.07) is 13.2. The van der Waals surface area contributed by atoms with Crippen molar-refractivity contribution in [3.05, 3.63) is 77.4 Å². The van der Waals surface area contributed by atoms with Crippen LogP contribution >= 0.6 is 0 Å². The summed E-state index contributed by atoms with van der Waals surface area (Å²) in [5.41, 5.74) is 0.633. The third-order valence-electron chi connectivity index (χ3n) is 4.62. The van der Waals surface area contributed by atoms with Gasteiger partial charge in [0, 0.05) is 35.5 Å². The number of carbonyl (C=O) groups excluding carboxylic acids is 3. The Labute approximate surface area is 158 Å². The Morgan fingerprint density at radius 3 is 2.18 bits per heavy atom. The van der Waals surface area contributed by atoms with E-state index in [2.05, 4.69) is 5.32 Å². The molecule has 7 heteroatoms. The van der Waals surface area contributed by atoms with Crippen LogP contribution < -0.4 is 5.32 Å². The van der Waals surface area contributed by atoms with Gasteiger partial charge in [0.2, 0.25) is 5.91 Å². The molecule has 5 nitrogen and oxygen atoms in total. The lowest BCUT2D eigenvalue weighted by Gasteiger charge is -2.27. The maximum absolute atomic E-state index is 13.6. The second-order valence-corrected chi connectivity index (χ2v) is 6.39. The monoisotopic (exact) mass is 380 g/mol. The first-order valence-corrected chi connectivity index (χ1v) is 8.58. The van der Waals surface area contributed by atoms with Crippen LogP contribution in [0.1, 0.15) is 27.1 Å². The molecule has 140 valence electrons. The number of hydrogen-bond donors (Lipinski definition) is 1. The zero-order valence-corrected chi connectivity index (χ0v) is 14.5. The second kappa shape index (κ2) is 6.84. The fourth-order valence-corrected chi connectivity index (χ4v) is 3.30. The Hall–Kier alpha value is -3.61. The number of imide groups is 1. The molecule has 1 heterocycles. The summed E-state index contributed by atoms with van der Waals surface area (Å²) < 4.78 is 26.6. The average molecular weight is 380 g/mol. The Morgan fingerprint density at radius 1 is 0.929 bits per heavy atom. The van der Waals surface area contributed by atoms with Crippen LogP contribution in [0.15, 0.2) is 54.6 Å². The predicted molar refractivity (Wildman–Crippen MR) is 98.9 cm³/mol. The molecule has 3 aromatic carbocycles. The SMILES string of the molecule is O=C(CCN1C(=O)c2cccc3cccc(c23)C1=O)Nc1ccc(F)cc1F. The lowest BCUT2D eigenvalue weighted by Crippen LogP contribution is -2.41. The highest BCUT2D eigenvalue weighted by molar-refractivity contribution is 6.25. The van der Waals surface area contributed by atoms with Crippen molar-refractivity contribution in [1.82, 2.24) is 4.90 Å². The number of rotatable bonds is 4. The standard InChI is InChI=1S/C21H14F2N2O3/c22-13-7-8-17(16(23)11-13)24-18(26)9-10-25-20(27)14-5-1-3-12-4-2-6-15(19(12)14)21(25)28/h1-8,11H,9-10H2,(H,24,26). The normalized spacial score (nSPS) is 13.1. The van der Waals surface area contributed by atoms with E-state index in [1.807, 2.05) is 12.1 Å². The van der Waals surface area contributed by atoms with E-state index >= 15 is 0 Å². The van der Waals surface area contributed by atoms with Gasteiger partial charge in [-0.05, 0) is 29.7 Å². The van der Waals surface area contributed by atoms with Crippen molar-refractivity contribution >= 4 is 34.2 Å². The van der Waals surface area contributed by atoms with Crippen molar-refractivity contribution in [2.24, 2.45) is 0 Å². The minimum Gasteiger partial charge on any atom is -0.324 e. The van der Waals surface area contributed by atoms with E-state index in [0.29, 0.717) is 22.6 Å². The van der Waals surface area contributed by atoms with Gasteiger partial charge < -0.3 is 5.32 Å². The molecular weight excluding hydrogens is 366 g/mol. The summed E-state index contributed by atoms with van der Waals surface area (Å²) in [5, 5.41) is 3.71. The topological polar surface area (TPSA) is 66.5 Å². The van der Waals surface area contributed by atoms with E-state index < -0.39 is 29.4 Å². The van der Waals surface area contributed by atoms with E-state index in [9.17, 15) is 23.2 Å². The predicted octanol–water partition coefficient (Wildman–Crippen LogP) is 3.74. The molecule has 1 aliphatic rings. The van der Waals surface area contributed by atoms with Crippen molar-refractivity contribution < 1.29 is 23.2 Å². The number of nitrogens with one attached hydrogen (secondary N) is 1. The van der Waals surface area contributed by atoms with Crippen molar-refractivity contribution in [2.45, 2.75) is 6.42 Å². The first-order chi connectivity index (χ1) is 13.5. The van der Waals surface area contributed by atoms with Crippen molar-refractivity contribution in [2.75, 3.05) is 11.9 Å². The first kappa shape index (κ1) is 17.8. The smallest absolute Gasteiger partial charge is 0.261 e. The fraction of sp³-hybridized carbons (Fsp3) is 0.0952. The van der Waals surface area contributed by atoms with Crippen LogP contribution in [0.3, 0.4) is 0 Å². The minimum atomic E-state index is -0.904. The van der Waals surface area contributed by atoms with Crippen LogP contribution in [0, 0.1) is 11.6 Å². The first-order valence-electron chi connectivity index (χ1n) is 8.58. The van der Waals surface area contributed by atoms with Crippen LogP contribution in [0.25, 0.3) is 10.8 Å². The van der Waals surface area contributed by atoms with Gasteiger partial charge in [0.25, 0.3) is 11.8 Å². The highest BCUT2D eigenvalue weighted by Gasteiger charge is 2.32. The number of nitrogens with zero attached hydrogens (tertiary/aromatic N) is 1. The molecule has 1 aliphatic heterocycles. The molecule has 3 aromatic rings. The van der Waals surface area contributed by atoms with Crippen LogP contribution in [0.5, 0.6) is 0 Å². The van der Waals surface area contributed by atoms with Crippen molar-refractivity contribution in [3.8, 4) is 0 Å². The Bertz CT molecular complexity index is 1090. The summed E-state index contributed by atoms with van der Waals surface area (Å²) in [7, 11) is 0. The molecule has 1 N–H and O–H groups in total. The Kier molecular flexibility index (Phi) is 4.35. The van der Waals surface area contributed by atoms with E-state index in [0.717, 1.165) is 22.4 Å². The molecule has 0 radical (unpaired) electrons. The molecule has 0 aliphatic carbocycles. The summed E-state index contributed by atoms with van der Waals surface area (Å²) in [4.78, 5) is 38.6. The average Bonchev–Trinajstić information content (AvgIpc) is 2.68. The minimum absolute atomic E-state index is 0.156. The van der Waals surface area contributed by atoms with Crippen LogP contribution in [-0.2, 0) is 4.79 Å². The van der Waals surface area contributed by atoms with Gasteiger partial charge in [-0.2, -0.15) is 0 Å². The molecule has 0 spiro atoms. The third-order valence-corrected chi connectivity index (χ3v) is 4.62. The van der Waals surface area contributed by atoms with Crippen molar-refractivity contribution in [1.29, 1.82) is 0 Å². The van der Waals surface area contributed by atoms with Crippen LogP contribution in [-0.4, -0.2) is 29.2 Å². The lowest BCUT2D eigenvalue weighted by atomic mass is 9.94. The van der Waals surface area contributed by atoms with Gasteiger partial charge in [0.15, 0.2) is 0 Å². The maximum Gasteiger partial charge on any atom is 0.261 e. The zero-order chi connectivity index (χ0) is 19.8. The second-order valence-electron chi connectivity index (χ2n) is 6.39. The molecule has 0 aromatic heterocycles. The summed E-state index contributed by atoms with van der Waals surface area (Å²) >= 11 is 0. The van der Waals surface area contributed by atoms with Crippen LogP contribution in [0.2, 0.25) is 0 Å². The summed E-state index contributed by atoms with van der Waals surface area (Å²) in [6.45, 7) is -0.156. The maximum atomic E-state index is 13.6. The molecule has 0 bridgehead atoms. The fourth-order valence-electron chi connectivity index (χ4n) is 3.30. The molecule has 0 saturated carbocycles. The van der Waals surface area contributed by atoms with Gasteiger partial charge in [-0.3, -0.25) is 19.3 Å². The molecule has 28 heavy (non-hydrogen) atoms. The molecule has 0 atom stereocenters. The van der Waals surface area contributed by atoms with E-state index in [-0.39, 0.29) is 18.7 Å². The van der Waals surface area contributed by atoms with E-state index in [4.69, 9.17) is 0 Å². The van der Waals surface area contributed by atoms with E-state index in [1.165, 1.54) is 0 Å². The molecule has 4 rings (SSSR count). The lowest BCUT2D eigenvalue weighted by molar-refractivity contribution is -0.116. The van der Waals surface area contributed by atoms with E-state index in [1.54, 1.807) is 24.3 Å². The largest absolute Gasteiger partial charge is 0.324 e.